The van der Waals surface area contributed by atoms with Crippen LogP contribution in [-0.4, -0.2) is 0 Å². The fraction of sp³-hybridized carbons (Fsp3) is 0.647. The third-order valence-corrected chi connectivity index (χ3v) is 7.05. The lowest BCUT2D eigenvalue weighted by molar-refractivity contribution is 0.456. The molecule has 5 unspecified atom stereocenters. The van der Waals surface area contributed by atoms with E-state index in [9.17, 15) is 4.39 Å². The van der Waals surface area contributed by atoms with Gasteiger partial charge in [-0.25, -0.2) is 4.39 Å². The molecule has 2 bridgehead atoms. The summed E-state index contributed by atoms with van der Waals surface area (Å²) in [5.41, 5.74) is 2.86. The summed E-state index contributed by atoms with van der Waals surface area (Å²) >= 11 is 3.92. The Morgan fingerprint density at radius 1 is 1.11 bits per heavy atom. The SMILES string of the molecule is Cc1cc(C(Br)C2C3C4CCC(C4)C32)cc(C)c1F. The first kappa shape index (κ1) is 12.4. The van der Waals surface area contributed by atoms with Gasteiger partial charge in [-0.2, -0.15) is 0 Å². The number of halogens is 2. The maximum absolute atomic E-state index is 13.7. The molecule has 0 radical (unpaired) electrons. The van der Waals surface area contributed by atoms with Gasteiger partial charge in [-0.05, 0) is 79.4 Å². The number of hydrogen-bond acceptors (Lipinski definition) is 0. The Kier molecular flexibility index (Phi) is 2.65. The molecule has 0 amide bonds. The van der Waals surface area contributed by atoms with Gasteiger partial charge in [-0.15, -0.1) is 0 Å². The third-order valence-electron chi connectivity index (χ3n) is 5.91. The molecule has 102 valence electrons. The fourth-order valence-corrected chi connectivity index (χ4v) is 6.11. The Bertz CT molecular complexity index is 499. The van der Waals surface area contributed by atoms with Crippen LogP contribution >= 0.6 is 15.9 Å². The maximum Gasteiger partial charge on any atom is 0.129 e. The van der Waals surface area contributed by atoms with Gasteiger partial charge in [0.25, 0.3) is 0 Å². The van der Waals surface area contributed by atoms with Crippen LogP contribution in [0.15, 0.2) is 12.1 Å². The van der Waals surface area contributed by atoms with Crippen LogP contribution in [0.1, 0.15) is 40.8 Å². The molecule has 0 aliphatic heterocycles. The van der Waals surface area contributed by atoms with E-state index in [4.69, 9.17) is 0 Å². The van der Waals surface area contributed by atoms with Crippen LogP contribution in [0, 0.1) is 49.3 Å². The zero-order valence-electron chi connectivity index (χ0n) is 11.5. The van der Waals surface area contributed by atoms with Crippen molar-refractivity contribution in [3.05, 3.63) is 34.6 Å². The van der Waals surface area contributed by atoms with Crippen molar-refractivity contribution in [3.8, 4) is 0 Å². The van der Waals surface area contributed by atoms with Gasteiger partial charge in [0.1, 0.15) is 5.82 Å². The van der Waals surface area contributed by atoms with E-state index >= 15 is 0 Å². The molecule has 4 rings (SSSR count). The summed E-state index contributed by atoms with van der Waals surface area (Å²) in [7, 11) is 0. The number of benzene rings is 1. The topological polar surface area (TPSA) is 0 Å². The summed E-state index contributed by atoms with van der Waals surface area (Å²) < 4.78 is 13.7. The molecule has 3 aliphatic rings. The van der Waals surface area contributed by atoms with E-state index in [2.05, 4.69) is 15.9 Å². The first-order valence-corrected chi connectivity index (χ1v) is 8.40. The van der Waals surface area contributed by atoms with Gasteiger partial charge in [0.05, 0.1) is 0 Å². The van der Waals surface area contributed by atoms with E-state index < -0.39 is 0 Å². The quantitative estimate of drug-likeness (QED) is 0.659. The molecule has 0 saturated heterocycles. The summed E-state index contributed by atoms with van der Waals surface area (Å²) in [5.74, 6) is 4.71. The summed E-state index contributed by atoms with van der Waals surface area (Å²) in [6, 6.07) is 4.08. The van der Waals surface area contributed by atoms with Crippen molar-refractivity contribution >= 4 is 15.9 Å². The second-order valence-electron chi connectivity index (χ2n) is 6.94. The first-order chi connectivity index (χ1) is 9.08. The Hall–Kier alpha value is -0.370. The van der Waals surface area contributed by atoms with E-state index in [1.165, 1.54) is 24.8 Å². The second-order valence-corrected chi connectivity index (χ2v) is 7.92. The summed E-state index contributed by atoms with van der Waals surface area (Å²) in [4.78, 5) is 0.434. The van der Waals surface area contributed by atoms with Crippen LogP contribution < -0.4 is 0 Å². The normalized spacial score (nSPS) is 40.3. The molecular formula is C17H20BrF. The van der Waals surface area contributed by atoms with Crippen LogP contribution in [0.4, 0.5) is 4.39 Å². The van der Waals surface area contributed by atoms with E-state index in [0.29, 0.717) is 4.83 Å². The number of fused-ring (bicyclic) bond motifs is 5. The largest absolute Gasteiger partial charge is 0.206 e. The fourth-order valence-electron chi connectivity index (χ4n) is 5.14. The van der Waals surface area contributed by atoms with Crippen LogP contribution in [0.25, 0.3) is 0 Å². The predicted molar refractivity (Wildman–Crippen MR) is 78.8 cm³/mol. The molecule has 5 atom stereocenters. The third kappa shape index (κ3) is 1.68. The van der Waals surface area contributed by atoms with Crippen molar-refractivity contribution in [3.63, 3.8) is 0 Å². The second kappa shape index (κ2) is 4.07. The molecule has 3 saturated carbocycles. The van der Waals surface area contributed by atoms with Gasteiger partial charge in [-0.1, -0.05) is 28.1 Å². The minimum atomic E-state index is -0.0421. The molecule has 19 heavy (non-hydrogen) atoms. The molecule has 0 aromatic heterocycles. The molecule has 1 aromatic carbocycles. The number of rotatable bonds is 2. The lowest BCUT2D eigenvalue weighted by Gasteiger charge is -2.16. The highest BCUT2D eigenvalue weighted by atomic mass is 79.9. The lowest BCUT2D eigenvalue weighted by atomic mass is 9.95. The Labute approximate surface area is 122 Å². The van der Waals surface area contributed by atoms with Crippen LogP contribution in [0.5, 0.6) is 0 Å². The lowest BCUT2D eigenvalue weighted by Crippen LogP contribution is -2.05. The summed E-state index contributed by atoms with van der Waals surface area (Å²) in [6.07, 6.45) is 4.42. The molecule has 0 nitrogen and oxygen atoms in total. The highest BCUT2D eigenvalue weighted by molar-refractivity contribution is 9.09. The Morgan fingerprint density at radius 3 is 2.16 bits per heavy atom. The highest BCUT2D eigenvalue weighted by Crippen LogP contribution is 2.73. The van der Waals surface area contributed by atoms with E-state index in [-0.39, 0.29) is 5.82 Å². The minimum Gasteiger partial charge on any atom is -0.206 e. The molecule has 1 aromatic rings. The van der Waals surface area contributed by atoms with Gasteiger partial charge >= 0.3 is 0 Å². The monoisotopic (exact) mass is 322 g/mol. The van der Waals surface area contributed by atoms with Crippen molar-refractivity contribution in [2.45, 2.75) is 37.9 Å². The van der Waals surface area contributed by atoms with Gasteiger partial charge in [0, 0.05) is 4.83 Å². The number of hydrogen-bond donors (Lipinski definition) is 0. The van der Waals surface area contributed by atoms with Crippen LogP contribution in [0.3, 0.4) is 0 Å². The van der Waals surface area contributed by atoms with Gasteiger partial charge < -0.3 is 0 Å². The van der Waals surface area contributed by atoms with E-state index in [1.54, 1.807) is 0 Å². The van der Waals surface area contributed by atoms with Gasteiger partial charge in [0.2, 0.25) is 0 Å². The molecule has 0 spiro atoms. The highest BCUT2D eigenvalue weighted by Gasteiger charge is 2.66. The molecular weight excluding hydrogens is 303 g/mol. The van der Waals surface area contributed by atoms with Crippen molar-refractivity contribution in [2.75, 3.05) is 0 Å². The van der Waals surface area contributed by atoms with Gasteiger partial charge in [0.15, 0.2) is 0 Å². The number of alkyl halides is 1. The maximum atomic E-state index is 13.7. The van der Waals surface area contributed by atoms with E-state index in [1.807, 2.05) is 26.0 Å². The first-order valence-electron chi connectivity index (χ1n) is 7.48. The Morgan fingerprint density at radius 2 is 1.63 bits per heavy atom. The van der Waals surface area contributed by atoms with Crippen molar-refractivity contribution in [1.29, 1.82) is 0 Å². The predicted octanol–water partition coefficient (Wildman–Crippen LogP) is 5.17. The molecule has 3 aliphatic carbocycles. The van der Waals surface area contributed by atoms with Crippen molar-refractivity contribution in [1.82, 2.24) is 0 Å². The summed E-state index contributed by atoms with van der Waals surface area (Å²) in [5, 5.41) is 0. The summed E-state index contributed by atoms with van der Waals surface area (Å²) in [6.45, 7) is 3.76. The van der Waals surface area contributed by atoms with Gasteiger partial charge in [-0.3, -0.25) is 0 Å². The average Bonchev–Trinajstić information content (AvgIpc) is 2.82. The van der Waals surface area contributed by atoms with E-state index in [0.717, 1.165) is 40.7 Å². The molecule has 0 heterocycles. The Balaban J connectivity index is 1.61. The zero-order valence-corrected chi connectivity index (χ0v) is 13.1. The zero-order chi connectivity index (χ0) is 13.3. The van der Waals surface area contributed by atoms with Crippen LogP contribution in [0.2, 0.25) is 0 Å². The van der Waals surface area contributed by atoms with Crippen LogP contribution in [-0.2, 0) is 0 Å². The molecule has 0 N–H and O–H groups in total. The molecule has 3 fully saturated rings. The van der Waals surface area contributed by atoms with Crippen molar-refractivity contribution < 1.29 is 4.39 Å². The minimum absolute atomic E-state index is 0.0421. The molecule has 2 heteroatoms. The number of aryl methyl sites for hydroxylation is 2. The average molecular weight is 323 g/mol. The smallest absolute Gasteiger partial charge is 0.129 e. The standard InChI is InChI=1S/C17H20BrF/c1-8-5-12(6-9(2)17(8)19)16(18)15-13-10-3-4-11(7-10)14(13)15/h5-6,10-11,13-16H,3-4,7H2,1-2H3. The van der Waals surface area contributed by atoms with Crippen molar-refractivity contribution in [2.24, 2.45) is 29.6 Å².